The Morgan fingerprint density at radius 1 is 1.50 bits per heavy atom. The first-order valence-corrected chi connectivity index (χ1v) is 6.76. The van der Waals surface area contributed by atoms with Crippen LogP contribution < -0.4 is 5.32 Å². The standard InChI is InChI=1S/C11H17N3O3S/c1-3-9-8(5-14(2)13-9)4-12-10(15)6-18-7-11(16)17/h5H,3-4,6-7H2,1-2H3,(H,12,15)(H,16,17). The zero-order chi connectivity index (χ0) is 13.5. The number of aliphatic carboxylic acids is 1. The van der Waals surface area contributed by atoms with Crippen molar-refractivity contribution in [1.82, 2.24) is 15.1 Å². The number of amides is 1. The summed E-state index contributed by atoms with van der Waals surface area (Å²) in [7, 11) is 1.84. The van der Waals surface area contributed by atoms with Crippen LogP contribution >= 0.6 is 11.8 Å². The molecular formula is C11H17N3O3S. The van der Waals surface area contributed by atoms with Gasteiger partial charge < -0.3 is 10.4 Å². The fraction of sp³-hybridized carbons (Fsp3) is 0.545. The average Bonchev–Trinajstić information content (AvgIpc) is 2.66. The van der Waals surface area contributed by atoms with Gasteiger partial charge in [-0.15, -0.1) is 11.8 Å². The Morgan fingerprint density at radius 3 is 2.83 bits per heavy atom. The fourth-order valence-electron chi connectivity index (χ4n) is 1.50. The van der Waals surface area contributed by atoms with E-state index in [1.54, 1.807) is 4.68 Å². The molecule has 6 nitrogen and oxygen atoms in total. The third kappa shape index (κ3) is 4.79. The Hall–Kier alpha value is -1.50. The number of carboxylic acid groups (broad SMARTS) is 1. The second-order valence-electron chi connectivity index (χ2n) is 3.79. The normalized spacial score (nSPS) is 10.3. The first-order chi connectivity index (χ1) is 8.52. The SMILES string of the molecule is CCc1nn(C)cc1CNC(=O)CSCC(=O)O. The number of hydrogen-bond donors (Lipinski definition) is 2. The summed E-state index contributed by atoms with van der Waals surface area (Å²) >= 11 is 1.09. The number of aryl methyl sites for hydroxylation is 2. The van der Waals surface area contributed by atoms with Crippen LogP contribution in [0.15, 0.2) is 6.20 Å². The summed E-state index contributed by atoms with van der Waals surface area (Å²) < 4.78 is 1.72. The predicted octanol–water partition coefficient (Wildman–Crippen LogP) is 0.416. The van der Waals surface area contributed by atoms with Crippen LogP contribution in [0.5, 0.6) is 0 Å². The van der Waals surface area contributed by atoms with E-state index in [9.17, 15) is 9.59 Å². The Balaban J connectivity index is 2.35. The maximum atomic E-state index is 11.5. The first kappa shape index (κ1) is 14.6. The molecule has 0 unspecified atom stereocenters. The van der Waals surface area contributed by atoms with Gasteiger partial charge in [0.2, 0.25) is 5.91 Å². The van der Waals surface area contributed by atoms with Gasteiger partial charge in [0.15, 0.2) is 0 Å². The lowest BCUT2D eigenvalue weighted by Gasteiger charge is -2.03. The average molecular weight is 271 g/mol. The van der Waals surface area contributed by atoms with E-state index in [4.69, 9.17) is 5.11 Å². The maximum absolute atomic E-state index is 11.5. The fourth-order valence-corrected chi connectivity index (χ4v) is 2.07. The van der Waals surface area contributed by atoms with E-state index < -0.39 is 5.97 Å². The minimum Gasteiger partial charge on any atom is -0.481 e. The largest absolute Gasteiger partial charge is 0.481 e. The summed E-state index contributed by atoms with van der Waals surface area (Å²) in [5.41, 5.74) is 1.97. The molecule has 0 spiro atoms. The second kappa shape index (κ2) is 7.05. The molecule has 0 atom stereocenters. The number of aromatic nitrogens is 2. The molecule has 0 radical (unpaired) electrons. The Bertz CT molecular complexity index is 431. The number of nitrogens with zero attached hydrogens (tertiary/aromatic N) is 2. The molecule has 1 heterocycles. The number of nitrogens with one attached hydrogen (secondary N) is 1. The molecule has 18 heavy (non-hydrogen) atoms. The zero-order valence-electron chi connectivity index (χ0n) is 10.5. The van der Waals surface area contributed by atoms with Crippen molar-refractivity contribution in [3.05, 3.63) is 17.5 Å². The third-order valence-electron chi connectivity index (χ3n) is 2.26. The molecule has 0 aliphatic carbocycles. The molecule has 1 aromatic heterocycles. The van der Waals surface area contributed by atoms with Crippen LogP contribution in [0.25, 0.3) is 0 Å². The number of rotatable bonds is 7. The number of hydrogen-bond acceptors (Lipinski definition) is 4. The van der Waals surface area contributed by atoms with Crippen molar-refractivity contribution in [3.8, 4) is 0 Å². The zero-order valence-corrected chi connectivity index (χ0v) is 11.3. The van der Waals surface area contributed by atoms with Crippen LogP contribution in [-0.4, -0.2) is 38.3 Å². The van der Waals surface area contributed by atoms with Crippen LogP contribution in [0.2, 0.25) is 0 Å². The van der Waals surface area contributed by atoms with Crippen molar-refractivity contribution in [1.29, 1.82) is 0 Å². The molecule has 1 amide bonds. The van der Waals surface area contributed by atoms with Crippen LogP contribution in [0.3, 0.4) is 0 Å². The van der Waals surface area contributed by atoms with Crippen molar-refractivity contribution in [2.45, 2.75) is 19.9 Å². The Morgan fingerprint density at radius 2 is 2.22 bits per heavy atom. The molecule has 0 bridgehead atoms. The van der Waals surface area contributed by atoms with Gasteiger partial charge in [0.05, 0.1) is 17.2 Å². The quantitative estimate of drug-likeness (QED) is 0.750. The molecule has 1 aromatic rings. The Labute approximate surface area is 110 Å². The monoisotopic (exact) mass is 271 g/mol. The van der Waals surface area contributed by atoms with Crippen molar-refractivity contribution >= 4 is 23.6 Å². The minimum absolute atomic E-state index is 0.0550. The maximum Gasteiger partial charge on any atom is 0.313 e. The van der Waals surface area contributed by atoms with Gasteiger partial charge in [0.1, 0.15) is 0 Å². The lowest BCUT2D eigenvalue weighted by atomic mass is 10.2. The number of carboxylic acids is 1. The van der Waals surface area contributed by atoms with E-state index in [2.05, 4.69) is 10.4 Å². The third-order valence-corrected chi connectivity index (χ3v) is 3.18. The van der Waals surface area contributed by atoms with Crippen molar-refractivity contribution < 1.29 is 14.7 Å². The predicted molar refractivity (Wildman–Crippen MR) is 69.4 cm³/mol. The van der Waals surface area contributed by atoms with Gasteiger partial charge >= 0.3 is 5.97 Å². The molecule has 0 fully saturated rings. The van der Waals surface area contributed by atoms with Crippen LogP contribution in [0.4, 0.5) is 0 Å². The van der Waals surface area contributed by atoms with E-state index in [-0.39, 0.29) is 17.4 Å². The molecule has 0 aromatic carbocycles. The van der Waals surface area contributed by atoms with E-state index in [1.165, 1.54) is 0 Å². The van der Waals surface area contributed by atoms with E-state index in [0.29, 0.717) is 6.54 Å². The van der Waals surface area contributed by atoms with Gasteiger partial charge in [-0.3, -0.25) is 14.3 Å². The van der Waals surface area contributed by atoms with Gasteiger partial charge in [-0.1, -0.05) is 6.92 Å². The molecule has 0 aliphatic heterocycles. The van der Waals surface area contributed by atoms with Crippen molar-refractivity contribution in [2.75, 3.05) is 11.5 Å². The summed E-state index contributed by atoms with van der Waals surface area (Å²) in [6.07, 6.45) is 2.70. The molecule has 0 aliphatic rings. The lowest BCUT2D eigenvalue weighted by Crippen LogP contribution is -2.25. The highest BCUT2D eigenvalue weighted by molar-refractivity contribution is 8.00. The Kier molecular flexibility index (Phi) is 5.70. The number of carbonyl (C=O) groups is 2. The van der Waals surface area contributed by atoms with Crippen LogP contribution in [-0.2, 0) is 29.6 Å². The summed E-state index contributed by atoms with van der Waals surface area (Å²) in [5.74, 6) is -0.963. The highest BCUT2D eigenvalue weighted by atomic mass is 32.2. The van der Waals surface area contributed by atoms with Crippen LogP contribution in [0, 0.1) is 0 Å². The summed E-state index contributed by atoms with van der Waals surface area (Å²) in [5, 5.41) is 15.5. The van der Waals surface area contributed by atoms with Crippen molar-refractivity contribution in [2.24, 2.45) is 7.05 Å². The molecule has 1 rings (SSSR count). The number of carbonyl (C=O) groups excluding carboxylic acids is 1. The van der Waals surface area contributed by atoms with Crippen LogP contribution in [0.1, 0.15) is 18.2 Å². The highest BCUT2D eigenvalue weighted by Gasteiger charge is 2.08. The lowest BCUT2D eigenvalue weighted by molar-refractivity contribution is -0.133. The summed E-state index contributed by atoms with van der Waals surface area (Å²) in [6.45, 7) is 2.44. The molecule has 2 N–H and O–H groups in total. The van der Waals surface area contributed by atoms with Gasteiger partial charge in [-0.25, -0.2) is 0 Å². The van der Waals surface area contributed by atoms with E-state index >= 15 is 0 Å². The number of thioether (sulfide) groups is 1. The van der Waals surface area contributed by atoms with Gasteiger partial charge in [0, 0.05) is 25.4 Å². The van der Waals surface area contributed by atoms with Gasteiger partial charge in [-0.05, 0) is 6.42 Å². The highest BCUT2D eigenvalue weighted by Crippen LogP contribution is 2.07. The van der Waals surface area contributed by atoms with E-state index in [1.807, 2.05) is 20.2 Å². The van der Waals surface area contributed by atoms with Gasteiger partial charge in [0.25, 0.3) is 0 Å². The minimum atomic E-state index is -0.909. The first-order valence-electron chi connectivity index (χ1n) is 5.60. The molecule has 0 saturated carbocycles. The molecule has 100 valence electrons. The molecular weight excluding hydrogens is 254 g/mol. The van der Waals surface area contributed by atoms with Gasteiger partial charge in [-0.2, -0.15) is 5.10 Å². The van der Waals surface area contributed by atoms with E-state index in [0.717, 1.165) is 29.4 Å². The van der Waals surface area contributed by atoms with Crippen molar-refractivity contribution in [3.63, 3.8) is 0 Å². The summed E-state index contributed by atoms with van der Waals surface area (Å²) in [6, 6.07) is 0. The smallest absolute Gasteiger partial charge is 0.313 e. The summed E-state index contributed by atoms with van der Waals surface area (Å²) in [4.78, 5) is 21.7. The second-order valence-corrected chi connectivity index (χ2v) is 4.78. The molecule has 0 saturated heterocycles. The topological polar surface area (TPSA) is 84.2 Å². The molecule has 7 heteroatoms.